The average molecular weight is 268 g/mol. The van der Waals surface area contributed by atoms with E-state index in [9.17, 15) is 4.79 Å². The number of carbonyl (C=O) groups excluding carboxylic acids is 1. The number of hydrogen-bond donors (Lipinski definition) is 0. The minimum atomic E-state index is -0.0340. The zero-order valence-electron chi connectivity index (χ0n) is 11.5. The first-order valence-electron chi connectivity index (χ1n) is 6.59. The Morgan fingerprint density at radius 1 is 1.35 bits per heavy atom. The minimum absolute atomic E-state index is 0.0340. The molecule has 2 aromatic rings. The van der Waals surface area contributed by atoms with Crippen LogP contribution in [0.15, 0.2) is 42.6 Å². The Hall–Kier alpha value is -2.36. The fourth-order valence-electron chi connectivity index (χ4n) is 2.63. The molecule has 0 spiro atoms. The molecule has 0 bridgehead atoms. The molecule has 20 heavy (non-hydrogen) atoms. The second-order valence-electron chi connectivity index (χ2n) is 4.89. The van der Waals surface area contributed by atoms with E-state index in [-0.39, 0.29) is 11.9 Å². The van der Waals surface area contributed by atoms with Gasteiger partial charge in [-0.3, -0.25) is 9.78 Å². The van der Waals surface area contributed by atoms with Crippen LogP contribution in [0.5, 0.6) is 5.75 Å². The number of ether oxygens (including phenoxy) is 1. The minimum Gasteiger partial charge on any atom is -0.497 e. The summed E-state index contributed by atoms with van der Waals surface area (Å²) in [7, 11) is 1.65. The molecule has 0 N–H and O–H groups in total. The molecule has 102 valence electrons. The zero-order valence-corrected chi connectivity index (χ0v) is 11.5. The van der Waals surface area contributed by atoms with Gasteiger partial charge in [-0.15, -0.1) is 0 Å². The summed E-state index contributed by atoms with van der Waals surface area (Å²) in [6.07, 6.45) is 1.64. The van der Waals surface area contributed by atoms with Gasteiger partial charge in [0.2, 0.25) is 0 Å². The lowest BCUT2D eigenvalue weighted by atomic mass is 10.1. The van der Waals surface area contributed by atoms with Crippen molar-refractivity contribution >= 4 is 5.91 Å². The van der Waals surface area contributed by atoms with Crippen molar-refractivity contribution in [3.63, 3.8) is 0 Å². The second-order valence-corrected chi connectivity index (χ2v) is 4.89. The van der Waals surface area contributed by atoms with E-state index in [1.807, 2.05) is 42.2 Å². The number of hydrogen-bond acceptors (Lipinski definition) is 3. The second kappa shape index (κ2) is 4.96. The topological polar surface area (TPSA) is 42.4 Å². The number of carbonyl (C=O) groups is 1. The highest BCUT2D eigenvalue weighted by Crippen LogP contribution is 2.35. The van der Waals surface area contributed by atoms with Crippen LogP contribution in [0.1, 0.15) is 34.6 Å². The Morgan fingerprint density at radius 2 is 2.20 bits per heavy atom. The summed E-state index contributed by atoms with van der Waals surface area (Å²) in [5.41, 5.74) is 2.80. The largest absolute Gasteiger partial charge is 0.497 e. The van der Waals surface area contributed by atoms with Gasteiger partial charge in [-0.05, 0) is 42.3 Å². The Bertz CT molecular complexity index is 640. The summed E-state index contributed by atoms with van der Waals surface area (Å²) in [5.74, 6) is 0.788. The van der Waals surface area contributed by atoms with Crippen molar-refractivity contribution < 1.29 is 9.53 Å². The molecule has 0 unspecified atom stereocenters. The van der Waals surface area contributed by atoms with Crippen LogP contribution in [-0.4, -0.2) is 22.9 Å². The number of fused-ring (bicyclic) bond motifs is 1. The van der Waals surface area contributed by atoms with E-state index >= 15 is 0 Å². The van der Waals surface area contributed by atoms with E-state index in [0.717, 1.165) is 11.3 Å². The molecule has 0 saturated carbocycles. The summed E-state index contributed by atoms with van der Waals surface area (Å²) in [6.45, 7) is 2.64. The number of amides is 1. The quantitative estimate of drug-likeness (QED) is 0.841. The van der Waals surface area contributed by atoms with Gasteiger partial charge in [0.15, 0.2) is 0 Å². The molecule has 4 nitrogen and oxygen atoms in total. The molecular formula is C16H16N2O2. The maximum Gasteiger partial charge on any atom is 0.273 e. The summed E-state index contributed by atoms with van der Waals surface area (Å²) in [6, 6.07) is 11.4. The Morgan fingerprint density at radius 3 is 2.90 bits per heavy atom. The van der Waals surface area contributed by atoms with E-state index in [1.54, 1.807) is 19.4 Å². The van der Waals surface area contributed by atoms with Gasteiger partial charge in [-0.1, -0.05) is 12.1 Å². The Kier molecular flexibility index (Phi) is 3.14. The van der Waals surface area contributed by atoms with E-state index in [0.29, 0.717) is 12.2 Å². The molecule has 1 aliphatic heterocycles. The third kappa shape index (κ3) is 2.03. The molecule has 1 aromatic heterocycles. The molecule has 1 aromatic carbocycles. The molecule has 1 amide bonds. The molecule has 4 heteroatoms. The molecule has 0 aliphatic carbocycles. The van der Waals surface area contributed by atoms with Crippen molar-refractivity contribution in [3.8, 4) is 5.75 Å². The number of aromatic nitrogens is 1. The first kappa shape index (κ1) is 12.7. The van der Waals surface area contributed by atoms with Crippen molar-refractivity contribution in [3.05, 3.63) is 59.4 Å². The molecular weight excluding hydrogens is 252 g/mol. The summed E-state index contributed by atoms with van der Waals surface area (Å²) in [4.78, 5) is 18.5. The van der Waals surface area contributed by atoms with Gasteiger partial charge < -0.3 is 9.64 Å². The van der Waals surface area contributed by atoms with Crippen molar-refractivity contribution in [1.82, 2.24) is 9.88 Å². The predicted molar refractivity (Wildman–Crippen MR) is 75.5 cm³/mol. The fourth-order valence-corrected chi connectivity index (χ4v) is 2.63. The number of nitrogens with zero attached hydrogens (tertiary/aromatic N) is 2. The molecule has 0 saturated heterocycles. The van der Waals surface area contributed by atoms with Crippen molar-refractivity contribution in [1.29, 1.82) is 0 Å². The third-order valence-corrected chi connectivity index (χ3v) is 3.75. The van der Waals surface area contributed by atoms with E-state index < -0.39 is 0 Å². The van der Waals surface area contributed by atoms with Crippen LogP contribution in [-0.2, 0) is 6.54 Å². The lowest BCUT2D eigenvalue weighted by molar-refractivity contribution is 0.0699. The van der Waals surface area contributed by atoms with Crippen LogP contribution in [0.4, 0.5) is 0 Å². The monoisotopic (exact) mass is 268 g/mol. The molecule has 1 aliphatic rings. The van der Waals surface area contributed by atoms with Gasteiger partial charge in [0.1, 0.15) is 11.4 Å². The van der Waals surface area contributed by atoms with Gasteiger partial charge >= 0.3 is 0 Å². The highest BCUT2D eigenvalue weighted by atomic mass is 16.5. The number of methoxy groups -OCH3 is 1. The van der Waals surface area contributed by atoms with Crippen LogP contribution in [0.2, 0.25) is 0 Å². The molecule has 2 heterocycles. The van der Waals surface area contributed by atoms with Crippen molar-refractivity contribution in [2.75, 3.05) is 7.11 Å². The van der Waals surface area contributed by atoms with Gasteiger partial charge in [0.05, 0.1) is 13.2 Å². The number of pyridine rings is 1. The highest BCUT2D eigenvalue weighted by molar-refractivity contribution is 5.93. The Labute approximate surface area is 118 Å². The van der Waals surface area contributed by atoms with Crippen molar-refractivity contribution in [2.45, 2.75) is 19.5 Å². The molecule has 3 rings (SSSR count). The third-order valence-electron chi connectivity index (χ3n) is 3.75. The first-order valence-corrected chi connectivity index (χ1v) is 6.59. The Balaban J connectivity index is 1.90. The summed E-state index contributed by atoms with van der Waals surface area (Å²) < 4.78 is 5.24. The summed E-state index contributed by atoms with van der Waals surface area (Å²) >= 11 is 0. The molecule has 0 radical (unpaired) electrons. The standard InChI is InChI=1S/C16H16N2O2/c1-11-14-7-6-13(20-2)9-12(14)10-18(11)16(19)15-5-3-4-8-17-15/h3-9,11H,10H2,1-2H3/t11-/m1/s1. The van der Waals surface area contributed by atoms with Gasteiger partial charge in [-0.25, -0.2) is 0 Å². The lowest BCUT2D eigenvalue weighted by Crippen LogP contribution is -2.28. The maximum absolute atomic E-state index is 12.5. The van der Waals surface area contributed by atoms with Gasteiger partial charge in [0.25, 0.3) is 5.91 Å². The zero-order chi connectivity index (χ0) is 14.1. The fraction of sp³-hybridized carbons (Fsp3) is 0.250. The van der Waals surface area contributed by atoms with Crippen LogP contribution >= 0.6 is 0 Å². The molecule has 1 atom stereocenters. The summed E-state index contributed by atoms with van der Waals surface area (Å²) in [5, 5.41) is 0. The number of benzene rings is 1. The van der Waals surface area contributed by atoms with Gasteiger partial charge in [-0.2, -0.15) is 0 Å². The molecule has 0 fully saturated rings. The maximum atomic E-state index is 12.5. The van der Waals surface area contributed by atoms with Crippen LogP contribution < -0.4 is 4.74 Å². The van der Waals surface area contributed by atoms with E-state index in [2.05, 4.69) is 4.98 Å². The van der Waals surface area contributed by atoms with Crippen LogP contribution in [0.25, 0.3) is 0 Å². The van der Waals surface area contributed by atoms with Crippen LogP contribution in [0, 0.1) is 0 Å². The van der Waals surface area contributed by atoms with E-state index in [1.165, 1.54) is 5.56 Å². The average Bonchev–Trinajstić information content (AvgIpc) is 2.84. The smallest absolute Gasteiger partial charge is 0.273 e. The van der Waals surface area contributed by atoms with Crippen LogP contribution in [0.3, 0.4) is 0 Å². The first-order chi connectivity index (χ1) is 9.70. The predicted octanol–water partition coefficient (Wildman–Crippen LogP) is 2.81. The SMILES string of the molecule is COc1ccc2c(c1)CN(C(=O)c1ccccn1)[C@@H]2C. The highest BCUT2D eigenvalue weighted by Gasteiger charge is 2.31. The number of rotatable bonds is 2. The van der Waals surface area contributed by atoms with Gasteiger partial charge in [0, 0.05) is 12.7 Å². The lowest BCUT2D eigenvalue weighted by Gasteiger charge is -2.21. The van der Waals surface area contributed by atoms with E-state index in [4.69, 9.17) is 4.74 Å². The normalized spacial score (nSPS) is 16.9. The van der Waals surface area contributed by atoms with Crippen molar-refractivity contribution in [2.24, 2.45) is 0 Å².